The number of carbonyl (C=O) groups is 1. The second kappa shape index (κ2) is 8.81. The lowest BCUT2D eigenvalue weighted by atomic mass is 10.1. The number of fused-ring (bicyclic) bond motifs is 1. The zero-order valence-electron chi connectivity index (χ0n) is 16.5. The minimum Gasteiger partial charge on any atom is -0.450 e. The summed E-state index contributed by atoms with van der Waals surface area (Å²) >= 11 is 0. The SMILES string of the molecule is NC(=O)c1ncc2c(cc(OC3CCCCO3)n2Cc2ccc(F)cc2)c1CCO. The maximum atomic E-state index is 13.3. The van der Waals surface area contributed by atoms with E-state index in [2.05, 4.69) is 4.98 Å². The first-order valence-electron chi connectivity index (χ1n) is 10.0. The standard InChI is InChI=1S/C22H24FN3O4/c23-15-6-4-14(5-7-15)13-26-18-12-25-21(22(24)28)16(8-9-27)17(18)11-19(26)30-20-3-1-2-10-29-20/h4-7,11-12,20,27H,1-3,8-10,13H2,(H2,24,28). The third-order valence-corrected chi connectivity index (χ3v) is 5.27. The lowest BCUT2D eigenvalue weighted by molar-refractivity contribution is -0.108. The molecule has 0 spiro atoms. The molecule has 158 valence electrons. The van der Waals surface area contributed by atoms with Crippen molar-refractivity contribution in [3.8, 4) is 5.88 Å². The first-order valence-corrected chi connectivity index (χ1v) is 10.0. The molecule has 0 aliphatic carbocycles. The Kier molecular flexibility index (Phi) is 5.96. The lowest BCUT2D eigenvalue weighted by Gasteiger charge is -2.24. The van der Waals surface area contributed by atoms with Gasteiger partial charge in [0.1, 0.15) is 11.5 Å². The van der Waals surface area contributed by atoms with Crippen molar-refractivity contribution in [1.29, 1.82) is 0 Å². The van der Waals surface area contributed by atoms with Crippen LogP contribution < -0.4 is 10.5 Å². The predicted molar refractivity (Wildman–Crippen MR) is 109 cm³/mol. The Morgan fingerprint density at radius 3 is 2.80 bits per heavy atom. The van der Waals surface area contributed by atoms with E-state index in [4.69, 9.17) is 15.2 Å². The fourth-order valence-corrected chi connectivity index (χ4v) is 3.80. The molecular formula is C22H24FN3O4. The van der Waals surface area contributed by atoms with Gasteiger partial charge >= 0.3 is 0 Å². The zero-order chi connectivity index (χ0) is 21.1. The fraction of sp³-hybridized carbons (Fsp3) is 0.364. The molecule has 30 heavy (non-hydrogen) atoms. The average Bonchev–Trinajstić information content (AvgIpc) is 3.08. The van der Waals surface area contributed by atoms with Crippen LogP contribution >= 0.6 is 0 Å². The molecule has 2 aromatic heterocycles. The minimum atomic E-state index is -0.648. The number of nitrogens with two attached hydrogens (primary N) is 1. The van der Waals surface area contributed by atoms with Crippen molar-refractivity contribution in [2.75, 3.05) is 13.2 Å². The van der Waals surface area contributed by atoms with Crippen LogP contribution in [0, 0.1) is 5.82 Å². The maximum absolute atomic E-state index is 13.3. The zero-order valence-corrected chi connectivity index (χ0v) is 16.5. The average molecular weight is 413 g/mol. The molecule has 1 atom stereocenters. The Morgan fingerprint density at radius 2 is 2.13 bits per heavy atom. The molecule has 1 saturated heterocycles. The number of aliphatic hydroxyl groups excluding tert-OH is 1. The van der Waals surface area contributed by atoms with Gasteiger partial charge in [-0.25, -0.2) is 9.37 Å². The number of rotatable bonds is 7. The molecule has 0 bridgehead atoms. The highest BCUT2D eigenvalue weighted by atomic mass is 19.1. The van der Waals surface area contributed by atoms with Crippen molar-refractivity contribution >= 4 is 16.8 Å². The number of halogens is 1. The van der Waals surface area contributed by atoms with Crippen LogP contribution in [0.25, 0.3) is 10.9 Å². The van der Waals surface area contributed by atoms with Crippen molar-refractivity contribution in [1.82, 2.24) is 9.55 Å². The molecule has 1 aliphatic rings. The van der Waals surface area contributed by atoms with Crippen LogP contribution in [-0.2, 0) is 17.7 Å². The van der Waals surface area contributed by atoms with Gasteiger partial charge in [-0.3, -0.25) is 4.79 Å². The van der Waals surface area contributed by atoms with Crippen LogP contribution in [0.15, 0.2) is 36.5 Å². The highest BCUT2D eigenvalue weighted by Crippen LogP contribution is 2.32. The second-order valence-corrected chi connectivity index (χ2v) is 7.33. The molecule has 1 aromatic carbocycles. The number of ether oxygens (including phenoxy) is 2. The molecule has 1 unspecified atom stereocenters. The van der Waals surface area contributed by atoms with Crippen LogP contribution in [0.5, 0.6) is 5.88 Å². The minimum absolute atomic E-state index is 0.135. The monoisotopic (exact) mass is 413 g/mol. The summed E-state index contributed by atoms with van der Waals surface area (Å²) in [7, 11) is 0. The summed E-state index contributed by atoms with van der Waals surface area (Å²) in [5.74, 6) is -0.394. The molecule has 1 amide bonds. The Balaban J connectivity index is 1.81. The highest BCUT2D eigenvalue weighted by Gasteiger charge is 2.22. The van der Waals surface area contributed by atoms with E-state index in [0.717, 1.165) is 35.7 Å². The van der Waals surface area contributed by atoms with E-state index in [1.807, 2.05) is 10.6 Å². The molecular weight excluding hydrogens is 389 g/mol. The van der Waals surface area contributed by atoms with Crippen LogP contribution in [0.2, 0.25) is 0 Å². The van der Waals surface area contributed by atoms with E-state index >= 15 is 0 Å². The molecule has 0 saturated carbocycles. The summed E-state index contributed by atoms with van der Waals surface area (Å²) in [6.45, 7) is 0.917. The van der Waals surface area contributed by atoms with E-state index in [1.54, 1.807) is 18.3 Å². The molecule has 3 N–H and O–H groups in total. The van der Waals surface area contributed by atoms with Gasteiger partial charge in [0.2, 0.25) is 6.29 Å². The van der Waals surface area contributed by atoms with E-state index in [0.29, 0.717) is 24.6 Å². The predicted octanol–water partition coefficient (Wildman–Crippen LogP) is 2.76. The van der Waals surface area contributed by atoms with Gasteiger partial charge in [-0.2, -0.15) is 0 Å². The normalized spacial score (nSPS) is 16.7. The molecule has 3 heterocycles. The Bertz CT molecular complexity index is 1040. The number of pyridine rings is 1. The fourth-order valence-electron chi connectivity index (χ4n) is 3.80. The summed E-state index contributed by atoms with van der Waals surface area (Å²) in [5, 5.41) is 10.2. The lowest BCUT2D eigenvalue weighted by Crippen LogP contribution is -2.26. The van der Waals surface area contributed by atoms with E-state index in [-0.39, 0.29) is 30.8 Å². The number of aromatic nitrogens is 2. The van der Waals surface area contributed by atoms with Crippen molar-refractivity contribution in [2.24, 2.45) is 5.73 Å². The van der Waals surface area contributed by atoms with Gasteiger partial charge in [0.15, 0.2) is 5.88 Å². The summed E-state index contributed by atoms with van der Waals surface area (Å²) in [6.07, 6.45) is 4.26. The topological polar surface area (TPSA) is 99.6 Å². The Morgan fingerprint density at radius 1 is 1.33 bits per heavy atom. The van der Waals surface area contributed by atoms with Crippen molar-refractivity contribution < 1.29 is 23.8 Å². The first-order chi connectivity index (χ1) is 14.6. The molecule has 7 nitrogen and oxygen atoms in total. The first kappa shape index (κ1) is 20.3. The number of hydrogen-bond donors (Lipinski definition) is 2. The Hall–Kier alpha value is -2.97. The van der Waals surface area contributed by atoms with Gasteiger partial charge in [0.05, 0.1) is 24.9 Å². The summed E-state index contributed by atoms with van der Waals surface area (Å²) in [6, 6.07) is 8.07. The largest absolute Gasteiger partial charge is 0.450 e. The van der Waals surface area contributed by atoms with Gasteiger partial charge in [-0.1, -0.05) is 12.1 Å². The highest BCUT2D eigenvalue weighted by molar-refractivity contribution is 5.98. The van der Waals surface area contributed by atoms with Gasteiger partial charge in [-0.15, -0.1) is 0 Å². The molecule has 1 fully saturated rings. The van der Waals surface area contributed by atoms with E-state index in [9.17, 15) is 14.3 Å². The number of aliphatic hydroxyl groups is 1. The van der Waals surface area contributed by atoms with Crippen molar-refractivity contribution in [2.45, 2.75) is 38.5 Å². The van der Waals surface area contributed by atoms with Crippen LogP contribution in [0.3, 0.4) is 0 Å². The van der Waals surface area contributed by atoms with Gasteiger partial charge in [-0.05, 0) is 42.5 Å². The smallest absolute Gasteiger partial charge is 0.267 e. The van der Waals surface area contributed by atoms with Crippen LogP contribution in [0.1, 0.15) is 40.9 Å². The van der Waals surface area contributed by atoms with Gasteiger partial charge in [0, 0.05) is 24.5 Å². The van der Waals surface area contributed by atoms with E-state index < -0.39 is 5.91 Å². The number of hydrogen-bond acceptors (Lipinski definition) is 5. The van der Waals surface area contributed by atoms with Crippen LogP contribution in [0.4, 0.5) is 4.39 Å². The van der Waals surface area contributed by atoms with Crippen molar-refractivity contribution in [3.63, 3.8) is 0 Å². The maximum Gasteiger partial charge on any atom is 0.267 e. The summed E-state index contributed by atoms with van der Waals surface area (Å²) in [4.78, 5) is 16.1. The number of benzene rings is 1. The third kappa shape index (κ3) is 4.15. The number of carbonyl (C=O) groups excluding carboxylic acids is 1. The third-order valence-electron chi connectivity index (χ3n) is 5.27. The summed E-state index contributed by atoms with van der Waals surface area (Å²) in [5.41, 5.74) is 7.82. The van der Waals surface area contributed by atoms with E-state index in [1.165, 1.54) is 12.1 Å². The van der Waals surface area contributed by atoms with Crippen molar-refractivity contribution in [3.05, 3.63) is 59.2 Å². The molecule has 0 radical (unpaired) electrons. The summed E-state index contributed by atoms with van der Waals surface area (Å²) < 4.78 is 27.1. The van der Waals surface area contributed by atoms with Crippen LogP contribution in [-0.4, -0.2) is 40.1 Å². The van der Waals surface area contributed by atoms with Gasteiger partial charge in [0.25, 0.3) is 5.91 Å². The number of primary amides is 1. The molecule has 3 aromatic rings. The molecule has 1 aliphatic heterocycles. The van der Waals surface area contributed by atoms with Gasteiger partial charge < -0.3 is 24.9 Å². The number of amides is 1. The second-order valence-electron chi connectivity index (χ2n) is 7.33. The quantitative estimate of drug-likeness (QED) is 0.621. The molecule has 4 rings (SSSR count). The Labute approximate surface area is 173 Å². The number of nitrogens with zero attached hydrogens (tertiary/aromatic N) is 2. The molecule has 8 heteroatoms.